The molecule has 1 saturated heterocycles. The Kier molecular flexibility index (Phi) is 4.61. The largest absolute Gasteiger partial charge is 0.481 e. The normalized spacial score (nSPS) is 20.0. The van der Waals surface area contributed by atoms with Gasteiger partial charge in [-0.15, -0.1) is 0 Å². The predicted molar refractivity (Wildman–Crippen MR) is 93.2 cm³/mol. The Hall–Kier alpha value is -2.63. The minimum Gasteiger partial charge on any atom is -0.481 e. The first kappa shape index (κ1) is 17.2. The summed E-state index contributed by atoms with van der Waals surface area (Å²) < 4.78 is 1.75. The maximum absolute atomic E-state index is 12.6. The summed E-state index contributed by atoms with van der Waals surface area (Å²) in [6.45, 7) is 2.64. The summed E-state index contributed by atoms with van der Waals surface area (Å²) in [4.78, 5) is 26.2. The molecule has 1 aromatic carbocycles. The Balaban J connectivity index is 1.69. The second-order valence-corrected chi connectivity index (χ2v) is 6.73. The van der Waals surface area contributed by atoms with Gasteiger partial charge in [-0.25, -0.2) is 0 Å². The molecule has 2 heterocycles. The number of aliphatic carboxylic acids is 1. The van der Waals surface area contributed by atoms with Gasteiger partial charge in [-0.1, -0.05) is 30.3 Å². The highest BCUT2D eigenvalue weighted by Gasteiger charge is 2.47. The number of hydrogen-bond acceptors (Lipinski definition) is 3. The van der Waals surface area contributed by atoms with Gasteiger partial charge in [0, 0.05) is 32.8 Å². The van der Waals surface area contributed by atoms with Crippen molar-refractivity contribution in [1.82, 2.24) is 14.7 Å². The summed E-state index contributed by atoms with van der Waals surface area (Å²) in [6, 6.07) is 9.22. The molecule has 2 aromatic rings. The molecule has 6 heteroatoms. The molecule has 1 amide bonds. The lowest BCUT2D eigenvalue weighted by atomic mass is 9.80. The first-order valence-electron chi connectivity index (χ1n) is 8.48. The number of carbonyl (C=O) groups is 2. The molecule has 0 saturated carbocycles. The molecule has 0 bridgehead atoms. The maximum atomic E-state index is 12.6. The molecule has 1 unspecified atom stereocenters. The van der Waals surface area contributed by atoms with E-state index >= 15 is 0 Å². The number of amides is 1. The van der Waals surface area contributed by atoms with Gasteiger partial charge in [-0.2, -0.15) is 5.10 Å². The lowest BCUT2D eigenvalue weighted by molar-refractivity contribution is -0.143. The van der Waals surface area contributed by atoms with Crippen LogP contribution >= 0.6 is 0 Å². The Morgan fingerprint density at radius 3 is 2.60 bits per heavy atom. The van der Waals surface area contributed by atoms with E-state index < -0.39 is 11.4 Å². The standard InChI is InChI=1S/C19H23N3O3/c1-14-15(12-21(2)20-14)8-9-17(23)22-11-10-19(13-22,18(24)25)16-6-4-3-5-7-16/h3-7,12H,8-11,13H2,1-2H3,(H,24,25). The van der Waals surface area contributed by atoms with E-state index in [1.165, 1.54) is 0 Å². The number of aromatic nitrogens is 2. The quantitative estimate of drug-likeness (QED) is 0.901. The van der Waals surface area contributed by atoms with E-state index in [9.17, 15) is 14.7 Å². The molecule has 1 N–H and O–H groups in total. The molecular formula is C19H23N3O3. The van der Waals surface area contributed by atoms with Gasteiger partial charge in [-0.05, 0) is 30.9 Å². The van der Waals surface area contributed by atoms with E-state index in [2.05, 4.69) is 5.10 Å². The van der Waals surface area contributed by atoms with E-state index in [0.717, 1.165) is 16.8 Å². The van der Waals surface area contributed by atoms with Crippen molar-refractivity contribution in [3.05, 3.63) is 53.3 Å². The Bertz CT molecular complexity index is 784. The van der Waals surface area contributed by atoms with Crippen molar-refractivity contribution in [3.63, 3.8) is 0 Å². The van der Waals surface area contributed by atoms with E-state index in [0.29, 0.717) is 25.8 Å². The van der Waals surface area contributed by atoms with Crippen LogP contribution in [0.1, 0.15) is 29.7 Å². The predicted octanol–water partition coefficient (Wildman–Crippen LogP) is 1.92. The van der Waals surface area contributed by atoms with Crippen LogP contribution in [0.25, 0.3) is 0 Å². The first-order valence-corrected chi connectivity index (χ1v) is 8.48. The number of carboxylic acids is 1. The number of rotatable bonds is 5. The molecule has 1 aliphatic heterocycles. The fourth-order valence-electron chi connectivity index (χ4n) is 3.61. The number of benzene rings is 1. The number of carboxylic acid groups (broad SMARTS) is 1. The van der Waals surface area contributed by atoms with Crippen molar-refractivity contribution < 1.29 is 14.7 Å². The molecule has 1 fully saturated rings. The molecular weight excluding hydrogens is 318 g/mol. The Morgan fingerprint density at radius 1 is 1.28 bits per heavy atom. The third kappa shape index (κ3) is 3.29. The summed E-state index contributed by atoms with van der Waals surface area (Å²) in [5.41, 5.74) is 1.76. The van der Waals surface area contributed by atoms with Gasteiger partial charge >= 0.3 is 5.97 Å². The summed E-state index contributed by atoms with van der Waals surface area (Å²) >= 11 is 0. The zero-order chi connectivity index (χ0) is 18.0. The van der Waals surface area contributed by atoms with E-state index in [1.807, 2.05) is 50.5 Å². The molecule has 3 rings (SSSR count). The molecule has 1 aliphatic rings. The summed E-state index contributed by atoms with van der Waals surface area (Å²) in [7, 11) is 1.86. The topological polar surface area (TPSA) is 75.4 Å². The van der Waals surface area contributed by atoms with Gasteiger partial charge in [0.15, 0.2) is 0 Å². The minimum atomic E-state index is -0.999. The SMILES string of the molecule is Cc1nn(C)cc1CCC(=O)N1CCC(C(=O)O)(c2ccccc2)C1. The van der Waals surface area contributed by atoms with Crippen molar-refractivity contribution in [2.45, 2.75) is 31.6 Å². The van der Waals surface area contributed by atoms with Gasteiger partial charge in [0.2, 0.25) is 5.91 Å². The van der Waals surface area contributed by atoms with E-state index in [4.69, 9.17) is 0 Å². The zero-order valence-electron chi connectivity index (χ0n) is 14.6. The number of carbonyl (C=O) groups excluding carboxylic acids is 1. The second kappa shape index (κ2) is 6.70. The number of nitrogens with zero attached hydrogens (tertiary/aromatic N) is 3. The third-order valence-corrected chi connectivity index (χ3v) is 5.08. The van der Waals surface area contributed by atoms with Gasteiger partial charge in [0.05, 0.1) is 5.69 Å². The van der Waals surface area contributed by atoms with Crippen molar-refractivity contribution >= 4 is 11.9 Å². The summed E-state index contributed by atoms with van der Waals surface area (Å²) in [5, 5.41) is 14.1. The third-order valence-electron chi connectivity index (χ3n) is 5.08. The Labute approximate surface area is 147 Å². The van der Waals surface area contributed by atoms with Crippen molar-refractivity contribution in [3.8, 4) is 0 Å². The molecule has 0 radical (unpaired) electrons. The summed E-state index contributed by atoms with van der Waals surface area (Å²) in [5.74, 6) is -0.862. The van der Waals surface area contributed by atoms with E-state index in [-0.39, 0.29) is 12.5 Å². The highest BCUT2D eigenvalue weighted by molar-refractivity contribution is 5.85. The van der Waals surface area contributed by atoms with Crippen LogP contribution in [0.2, 0.25) is 0 Å². The second-order valence-electron chi connectivity index (χ2n) is 6.73. The maximum Gasteiger partial charge on any atom is 0.316 e. The number of aryl methyl sites for hydroxylation is 3. The number of likely N-dealkylation sites (tertiary alicyclic amines) is 1. The molecule has 1 atom stereocenters. The molecule has 0 aliphatic carbocycles. The lowest BCUT2D eigenvalue weighted by Gasteiger charge is -2.25. The van der Waals surface area contributed by atoms with Gasteiger partial charge in [0.25, 0.3) is 0 Å². The Morgan fingerprint density at radius 2 is 2.00 bits per heavy atom. The van der Waals surface area contributed by atoms with Crippen molar-refractivity contribution in [2.75, 3.05) is 13.1 Å². The van der Waals surface area contributed by atoms with Crippen molar-refractivity contribution in [2.24, 2.45) is 7.05 Å². The molecule has 0 spiro atoms. The molecule has 1 aromatic heterocycles. The average Bonchev–Trinajstić information content (AvgIpc) is 3.18. The lowest BCUT2D eigenvalue weighted by Crippen LogP contribution is -2.40. The monoisotopic (exact) mass is 341 g/mol. The van der Waals surface area contributed by atoms with Crippen LogP contribution in [-0.2, 0) is 28.5 Å². The summed E-state index contributed by atoms with van der Waals surface area (Å²) in [6.07, 6.45) is 3.37. The minimum absolute atomic E-state index is 0.00214. The van der Waals surface area contributed by atoms with Crippen LogP contribution in [0.3, 0.4) is 0 Å². The van der Waals surface area contributed by atoms with Crippen LogP contribution in [0.5, 0.6) is 0 Å². The molecule has 25 heavy (non-hydrogen) atoms. The van der Waals surface area contributed by atoms with Crippen molar-refractivity contribution in [1.29, 1.82) is 0 Å². The fraction of sp³-hybridized carbons (Fsp3) is 0.421. The number of hydrogen-bond donors (Lipinski definition) is 1. The van der Waals surface area contributed by atoms with Crippen LogP contribution < -0.4 is 0 Å². The highest BCUT2D eigenvalue weighted by atomic mass is 16.4. The van der Waals surface area contributed by atoms with E-state index in [1.54, 1.807) is 9.58 Å². The zero-order valence-corrected chi connectivity index (χ0v) is 14.6. The molecule has 132 valence electrons. The highest BCUT2D eigenvalue weighted by Crippen LogP contribution is 2.35. The van der Waals surface area contributed by atoms with Crippen LogP contribution in [0, 0.1) is 6.92 Å². The average molecular weight is 341 g/mol. The van der Waals surface area contributed by atoms with Gasteiger partial charge in [0.1, 0.15) is 5.41 Å². The van der Waals surface area contributed by atoms with Gasteiger partial charge < -0.3 is 10.0 Å². The smallest absolute Gasteiger partial charge is 0.316 e. The fourth-order valence-corrected chi connectivity index (χ4v) is 3.61. The first-order chi connectivity index (χ1) is 11.9. The molecule has 6 nitrogen and oxygen atoms in total. The van der Waals surface area contributed by atoms with Crippen LogP contribution in [-0.4, -0.2) is 44.8 Å². The van der Waals surface area contributed by atoms with Crippen LogP contribution in [0.4, 0.5) is 0 Å². The van der Waals surface area contributed by atoms with Gasteiger partial charge in [-0.3, -0.25) is 14.3 Å². The van der Waals surface area contributed by atoms with Crippen LogP contribution in [0.15, 0.2) is 36.5 Å².